The number of sulfonamides is 1. The van der Waals surface area contributed by atoms with E-state index in [1.165, 1.54) is 12.1 Å². The van der Waals surface area contributed by atoms with Crippen LogP contribution in [0.4, 0.5) is 0 Å². The summed E-state index contributed by atoms with van der Waals surface area (Å²) < 4.78 is 26.3. The molecule has 1 aromatic carbocycles. The van der Waals surface area contributed by atoms with Gasteiger partial charge in [-0.1, -0.05) is 17.7 Å². The van der Waals surface area contributed by atoms with Crippen molar-refractivity contribution in [1.29, 1.82) is 0 Å². The molecule has 0 aromatic heterocycles. The molecular weight excluding hydrogens is 250 g/mol. The molecule has 0 atom stereocenters. The second kappa shape index (κ2) is 4.33. The van der Waals surface area contributed by atoms with E-state index in [4.69, 9.17) is 16.7 Å². The fourth-order valence-electron chi connectivity index (χ4n) is 1.34. The van der Waals surface area contributed by atoms with Crippen molar-refractivity contribution in [3.05, 3.63) is 28.8 Å². The van der Waals surface area contributed by atoms with Gasteiger partial charge in [-0.3, -0.25) is 0 Å². The van der Waals surface area contributed by atoms with Crippen LogP contribution in [0.3, 0.4) is 0 Å². The van der Waals surface area contributed by atoms with Crippen LogP contribution in [0.1, 0.15) is 18.4 Å². The summed E-state index contributed by atoms with van der Waals surface area (Å²) in [5, 5.41) is 9.13. The largest absolute Gasteiger partial charge is 0.392 e. The Balaban J connectivity index is 2.36. The van der Waals surface area contributed by atoms with Crippen molar-refractivity contribution < 1.29 is 13.5 Å². The van der Waals surface area contributed by atoms with Gasteiger partial charge in [0, 0.05) is 6.04 Å². The second-order valence-electron chi connectivity index (χ2n) is 3.82. The van der Waals surface area contributed by atoms with Crippen LogP contribution < -0.4 is 4.72 Å². The molecule has 0 bridgehead atoms. The first-order valence-corrected chi connectivity index (χ1v) is 6.80. The smallest absolute Gasteiger partial charge is 0.242 e. The van der Waals surface area contributed by atoms with Gasteiger partial charge in [-0.05, 0) is 30.5 Å². The zero-order valence-electron chi connectivity index (χ0n) is 8.48. The molecule has 16 heavy (non-hydrogen) atoms. The third-order valence-corrected chi connectivity index (χ3v) is 4.37. The molecule has 6 heteroatoms. The predicted octanol–water partition coefficient (Wildman–Crippen LogP) is 1.27. The molecule has 0 unspecified atom stereocenters. The molecule has 0 heterocycles. The van der Waals surface area contributed by atoms with Gasteiger partial charge in [0.2, 0.25) is 10.0 Å². The van der Waals surface area contributed by atoms with Crippen LogP contribution in [-0.2, 0) is 16.6 Å². The number of aliphatic hydroxyl groups excluding tert-OH is 1. The van der Waals surface area contributed by atoms with E-state index in [0.717, 1.165) is 12.8 Å². The Bertz CT molecular complexity index is 497. The van der Waals surface area contributed by atoms with Gasteiger partial charge in [0.05, 0.1) is 11.6 Å². The van der Waals surface area contributed by atoms with E-state index < -0.39 is 10.0 Å². The van der Waals surface area contributed by atoms with Gasteiger partial charge < -0.3 is 5.11 Å². The average Bonchev–Trinajstić information content (AvgIpc) is 3.01. The highest BCUT2D eigenvalue weighted by Crippen LogP contribution is 2.26. The highest BCUT2D eigenvalue weighted by molar-refractivity contribution is 7.89. The highest BCUT2D eigenvalue weighted by Gasteiger charge is 2.29. The van der Waals surface area contributed by atoms with Crippen molar-refractivity contribution in [2.24, 2.45) is 0 Å². The van der Waals surface area contributed by atoms with Crippen LogP contribution in [0, 0.1) is 0 Å². The summed E-state index contributed by atoms with van der Waals surface area (Å²) in [6.45, 7) is -0.205. The van der Waals surface area contributed by atoms with Crippen molar-refractivity contribution in [1.82, 2.24) is 4.72 Å². The van der Waals surface area contributed by atoms with E-state index in [-0.39, 0.29) is 22.6 Å². The van der Waals surface area contributed by atoms with Crippen molar-refractivity contribution >= 4 is 21.6 Å². The van der Waals surface area contributed by atoms with E-state index in [2.05, 4.69) is 4.72 Å². The van der Waals surface area contributed by atoms with Gasteiger partial charge >= 0.3 is 0 Å². The molecule has 2 rings (SSSR count). The van der Waals surface area contributed by atoms with Gasteiger partial charge in [-0.25, -0.2) is 13.1 Å². The van der Waals surface area contributed by atoms with Crippen LogP contribution in [0.2, 0.25) is 5.02 Å². The van der Waals surface area contributed by atoms with Crippen LogP contribution in [0.25, 0.3) is 0 Å². The first-order chi connectivity index (χ1) is 7.53. The Labute approximate surface area is 99.3 Å². The molecule has 0 radical (unpaired) electrons. The minimum atomic E-state index is -3.55. The number of benzene rings is 1. The summed E-state index contributed by atoms with van der Waals surface area (Å²) in [5.41, 5.74) is 0.528. The molecule has 4 nitrogen and oxygen atoms in total. The van der Waals surface area contributed by atoms with E-state index in [9.17, 15) is 8.42 Å². The zero-order valence-corrected chi connectivity index (χ0v) is 10.1. The van der Waals surface area contributed by atoms with Crippen molar-refractivity contribution in [2.45, 2.75) is 30.4 Å². The monoisotopic (exact) mass is 261 g/mol. The molecule has 1 aliphatic carbocycles. The second-order valence-corrected chi connectivity index (χ2v) is 5.91. The SMILES string of the molecule is O=S(=O)(NC1CC1)c1cc(CO)ccc1Cl. The Morgan fingerprint density at radius 1 is 1.44 bits per heavy atom. The number of hydrogen-bond acceptors (Lipinski definition) is 3. The lowest BCUT2D eigenvalue weighted by atomic mass is 10.2. The molecular formula is C10H12ClNO3S. The molecule has 1 aromatic rings. The quantitative estimate of drug-likeness (QED) is 0.858. The summed E-state index contributed by atoms with van der Waals surface area (Å²) >= 11 is 5.84. The predicted molar refractivity (Wildman–Crippen MR) is 60.7 cm³/mol. The van der Waals surface area contributed by atoms with E-state index in [1.807, 2.05) is 0 Å². The van der Waals surface area contributed by atoms with E-state index >= 15 is 0 Å². The number of nitrogens with one attached hydrogen (secondary N) is 1. The molecule has 0 aliphatic heterocycles. The van der Waals surface area contributed by atoms with Crippen molar-refractivity contribution in [3.63, 3.8) is 0 Å². The van der Waals surface area contributed by atoms with Crippen LogP contribution >= 0.6 is 11.6 Å². The molecule has 1 saturated carbocycles. The van der Waals surface area contributed by atoms with E-state index in [1.54, 1.807) is 6.07 Å². The highest BCUT2D eigenvalue weighted by atomic mass is 35.5. The first-order valence-electron chi connectivity index (χ1n) is 4.94. The normalized spacial score (nSPS) is 16.4. The maximum Gasteiger partial charge on any atom is 0.242 e. The van der Waals surface area contributed by atoms with Crippen LogP contribution in [0.5, 0.6) is 0 Å². The van der Waals surface area contributed by atoms with Crippen molar-refractivity contribution in [2.75, 3.05) is 0 Å². The van der Waals surface area contributed by atoms with Gasteiger partial charge in [-0.2, -0.15) is 0 Å². The summed E-state index contributed by atoms with van der Waals surface area (Å²) in [6.07, 6.45) is 1.74. The fraction of sp³-hybridized carbons (Fsp3) is 0.400. The minimum Gasteiger partial charge on any atom is -0.392 e. The molecule has 0 saturated heterocycles. The van der Waals surface area contributed by atoms with Gasteiger partial charge in [-0.15, -0.1) is 0 Å². The summed E-state index contributed by atoms with van der Waals surface area (Å²) in [4.78, 5) is 0.0348. The van der Waals surface area contributed by atoms with Gasteiger partial charge in [0.25, 0.3) is 0 Å². The molecule has 0 amide bonds. The lowest BCUT2D eigenvalue weighted by Gasteiger charge is -2.08. The number of aliphatic hydroxyl groups is 1. The Kier molecular flexibility index (Phi) is 3.21. The minimum absolute atomic E-state index is 0.0348. The average molecular weight is 262 g/mol. The first kappa shape index (κ1) is 11.9. The topological polar surface area (TPSA) is 66.4 Å². The molecule has 2 N–H and O–H groups in total. The summed E-state index contributed by atoms with van der Waals surface area (Å²) in [6, 6.07) is 4.51. The summed E-state index contributed by atoms with van der Waals surface area (Å²) in [5.74, 6) is 0. The third kappa shape index (κ3) is 2.55. The lowest BCUT2D eigenvalue weighted by Crippen LogP contribution is -2.26. The van der Waals surface area contributed by atoms with Crippen LogP contribution in [0.15, 0.2) is 23.1 Å². The number of rotatable bonds is 4. The fourth-order valence-corrected chi connectivity index (χ4v) is 3.19. The Hall–Kier alpha value is -0.620. The van der Waals surface area contributed by atoms with Crippen LogP contribution in [-0.4, -0.2) is 19.6 Å². The van der Waals surface area contributed by atoms with Gasteiger partial charge in [0.15, 0.2) is 0 Å². The Morgan fingerprint density at radius 2 is 2.12 bits per heavy atom. The maximum atomic E-state index is 11.9. The van der Waals surface area contributed by atoms with Crippen molar-refractivity contribution in [3.8, 4) is 0 Å². The molecule has 0 spiro atoms. The zero-order chi connectivity index (χ0) is 11.8. The maximum absolute atomic E-state index is 11.9. The molecule has 88 valence electrons. The molecule has 1 aliphatic rings. The van der Waals surface area contributed by atoms with E-state index in [0.29, 0.717) is 5.56 Å². The summed E-state index contributed by atoms with van der Waals surface area (Å²) in [7, 11) is -3.55. The standard InChI is InChI=1S/C10H12ClNO3S/c11-9-4-1-7(6-13)5-10(9)16(14,15)12-8-2-3-8/h1,4-5,8,12-13H,2-3,6H2. The lowest BCUT2D eigenvalue weighted by molar-refractivity contribution is 0.281. The number of hydrogen-bond donors (Lipinski definition) is 2. The Morgan fingerprint density at radius 3 is 2.69 bits per heavy atom. The molecule has 1 fully saturated rings. The third-order valence-electron chi connectivity index (χ3n) is 2.37. The number of halogens is 1. The van der Waals surface area contributed by atoms with Gasteiger partial charge in [0.1, 0.15) is 4.90 Å².